The number of rotatable bonds is 5. The van der Waals surface area contributed by atoms with Crippen molar-refractivity contribution in [2.24, 2.45) is 5.92 Å². The van der Waals surface area contributed by atoms with Gasteiger partial charge in [-0.1, -0.05) is 43.9 Å². The predicted octanol–water partition coefficient (Wildman–Crippen LogP) is 4.08. The molecule has 6 heteroatoms. The molecule has 3 nitrogen and oxygen atoms in total. The Kier molecular flexibility index (Phi) is 5.69. The summed E-state index contributed by atoms with van der Waals surface area (Å²) in [6.07, 6.45) is 1.46. The Balaban J connectivity index is 1.76. The topological polar surface area (TPSA) is 41.1 Å². The van der Waals surface area contributed by atoms with Gasteiger partial charge in [-0.15, -0.1) is 0 Å². The van der Waals surface area contributed by atoms with Crippen molar-refractivity contribution >= 4 is 6.03 Å². The molecule has 0 atom stereocenters. The molecule has 0 saturated heterocycles. The third-order valence-corrected chi connectivity index (χ3v) is 4.08. The van der Waals surface area contributed by atoms with Crippen LogP contribution in [0.1, 0.15) is 43.2 Å². The zero-order valence-corrected chi connectivity index (χ0v) is 12.4. The fourth-order valence-corrected chi connectivity index (χ4v) is 2.88. The lowest BCUT2D eigenvalue weighted by Crippen LogP contribution is -2.36. The molecule has 1 aromatic rings. The smallest absolute Gasteiger partial charge is 0.338 e. The van der Waals surface area contributed by atoms with E-state index in [1.807, 2.05) is 0 Å². The average molecular weight is 314 g/mol. The molecule has 0 aromatic heterocycles. The van der Waals surface area contributed by atoms with Crippen LogP contribution in [0, 0.1) is 5.92 Å². The highest BCUT2D eigenvalue weighted by molar-refractivity contribution is 5.73. The zero-order chi connectivity index (χ0) is 16.0. The van der Waals surface area contributed by atoms with Gasteiger partial charge in [-0.3, -0.25) is 0 Å². The summed E-state index contributed by atoms with van der Waals surface area (Å²) in [5.41, 5.74) is -0.637. The van der Waals surface area contributed by atoms with Gasteiger partial charge in [-0.2, -0.15) is 13.2 Å². The monoisotopic (exact) mass is 314 g/mol. The third-order valence-electron chi connectivity index (χ3n) is 4.08. The highest BCUT2D eigenvalue weighted by Gasteiger charge is 2.32. The molecule has 0 spiro atoms. The van der Waals surface area contributed by atoms with E-state index in [9.17, 15) is 18.0 Å². The minimum atomic E-state index is -4.41. The molecular weight excluding hydrogens is 293 g/mol. The summed E-state index contributed by atoms with van der Waals surface area (Å²) in [7, 11) is 0. The van der Waals surface area contributed by atoms with Gasteiger partial charge in [-0.25, -0.2) is 4.79 Å². The molecule has 1 fully saturated rings. The standard InChI is InChI=1S/C16H21F3N2O/c17-16(18,19)14-8-4-3-7-13(14)11-21-15(22)20-10-9-12-5-1-2-6-12/h3-4,7-8,12H,1-2,5-6,9-11H2,(H2,20,21,22). The van der Waals surface area contributed by atoms with Gasteiger partial charge in [0, 0.05) is 13.1 Å². The summed E-state index contributed by atoms with van der Waals surface area (Å²) in [5.74, 6) is 0.672. The van der Waals surface area contributed by atoms with Crippen molar-refractivity contribution in [3.05, 3.63) is 35.4 Å². The summed E-state index contributed by atoms with van der Waals surface area (Å²) in [5, 5.41) is 5.19. The summed E-state index contributed by atoms with van der Waals surface area (Å²) in [4.78, 5) is 11.6. The molecule has 2 N–H and O–H groups in total. The SMILES string of the molecule is O=C(NCCC1CCCC1)NCc1ccccc1C(F)(F)F. The summed E-state index contributed by atoms with van der Waals surface area (Å²) in [6.45, 7) is 0.433. The quantitative estimate of drug-likeness (QED) is 0.844. The fraction of sp³-hybridized carbons (Fsp3) is 0.562. The fourth-order valence-electron chi connectivity index (χ4n) is 2.88. The van der Waals surface area contributed by atoms with E-state index in [0.29, 0.717) is 12.5 Å². The van der Waals surface area contributed by atoms with Crippen LogP contribution in [0.4, 0.5) is 18.0 Å². The molecule has 0 heterocycles. The number of amides is 2. The first-order valence-electron chi connectivity index (χ1n) is 7.63. The normalized spacial score (nSPS) is 15.8. The second-order valence-electron chi connectivity index (χ2n) is 5.70. The van der Waals surface area contributed by atoms with Crippen molar-refractivity contribution in [1.29, 1.82) is 0 Å². The first-order chi connectivity index (χ1) is 10.5. The Morgan fingerprint density at radius 3 is 2.50 bits per heavy atom. The van der Waals surface area contributed by atoms with Crippen LogP contribution in [0.5, 0.6) is 0 Å². The van der Waals surface area contributed by atoms with E-state index in [4.69, 9.17) is 0 Å². The minimum Gasteiger partial charge on any atom is -0.338 e. The van der Waals surface area contributed by atoms with Gasteiger partial charge in [0.25, 0.3) is 0 Å². The first kappa shape index (κ1) is 16.6. The minimum absolute atomic E-state index is 0.0703. The van der Waals surface area contributed by atoms with E-state index in [2.05, 4.69) is 10.6 Å². The van der Waals surface area contributed by atoms with Gasteiger partial charge in [0.1, 0.15) is 0 Å². The van der Waals surface area contributed by atoms with Crippen molar-refractivity contribution in [2.75, 3.05) is 6.54 Å². The number of carbonyl (C=O) groups is 1. The maximum Gasteiger partial charge on any atom is 0.416 e. The Labute approximate surface area is 128 Å². The van der Waals surface area contributed by atoms with Gasteiger partial charge >= 0.3 is 12.2 Å². The molecule has 2 amide bonds. The van der Waals surface area contributed by atoms with E-state index < -0.39 is 17.8 Å². The summed E-state index contributed by atoms with van der Waals surface area (Å²) >= 11 is 0. The zero-order valence-electron chi connectivity index (χ0n) is 12.4. The number of nitrogens with one attached hydrogen (secondary N) is 2. The molecule has 1 aliphatic carbocycles. The van der Waals surface area contributed by atoms with Crippen LogP contribution in [0.2, 0.25) is 0 Å². The van der Waals surface area contributed by atoms with Crippen LogP contribution in [-0.4, -0.2) is 12.6 Å². The van der Waals surface area contributed by atoms with Gasteiger partial charge in [0.2, 0.25) is 0 Å². The summed E-state index contributed by atoms with van der Waals surface area (Å²) in [6, 6.07) is 4.85. The number of carbonyl (C=O) groups excluding carboxylic acids is 1. The van der Waals surface area contributed by atoms with Crippen molar-refractivity contribution < 1.29 is 18.0 Å². The maximum absolute atomic E-state index is 12.8. The van der Waals surface area contributed by atoms with Crippen molar-refractivity contribution in [3.63, 3.8) is 0 Å². The summed E-state index contributed by atoms with van der Waals surface area (Å²) < 4.78 is 38.5. The van der Waals surface area contributed by atoms with Gasteiger partial charge < -0.3 is 10.6 Å². The molecular formula is C16H21F3N2O. The number of hydrogen-bond donors (Lipinski definition) is 2. The van der Waals surface area contributed by atoms with Crippen LogP contribution in [0.15, 0.2) is 24.3 Å². The van der Waals surface area contributed by atoms with E-state index >= 15 is 0 Å². The molecule has 0 unspecified atom stereocenters. The van der Waals surface area contributed by atoms with E-state index in [1.165, 1.54) is 43.9 Å². The Hall–Kier alpha value is -1.72. The Bertz CT molecular complexity index is 496. The lowest BCUT2D eigenvalue weighted by molar-refractivity contribution is -0.138. The molecule has 122 valence electrons. The predicted molar refractivity (Wildman–Crippen MR) is 78.3 cm³/mol. The molecule has 1 saturated carbocycles. The maximum atomic E-state index is 12.8. The molecule has 0 bridgehead atoms. The van der Waals surface area contributed by atoms with Gasteiger partial charge in [0.05, 0.1) is 5.56 Å². The van der Waals surface area contributed by atoms with Crippen LogP contribution in [0.25, 0.3) is 0 Å². The number of halogens is 3. The number of urea groups is 1. The van der Waals surface area contributed by atoms with E-state index in [-0.39, 0.29) is 12.1 Å². The second kappa shape index (κ2) is 7.51. The van der Waals surface area contributed by atoms with Crippen LogP contribution < -0.4 is 10.6 Å². The van der Waals surface area contributed by atoms with E-state index in [0.717, 1.165) is 12.5 Å². The lowest BCUT2D eigenvalue weighted by atomic mass is 10.0. The van der Waals surface area contributed by atoms with Crippen LogP contribution in [0.3, 0.4) is 0 Å². The molecule has 0 aliphatic heterocycles. The highest BCUT2D eigenvalue weighted by Crippen LogP contribution is 2.31. The molecule has 22 heavy (non-hydrogen) atoms. The van der Waals surface area contributed by atoms with Crippen molar-refractivity contribution in [2.45, 2.75) is 44.8 Å². The average Bonchev–Trinajstić information content (AvgIpc) is 2.98. The highest BCUT2D eigenvalue weighted by atomic mass is 19.4. The van der Waals surface area contributed by atoms with Crippen LogP contribution in [-0.2, 0) is 12.7 Å². The van der Waals surface area contributed by atoms with Gasteiger partial charge in [0.15, 0.2) is 0 Å². The number of benzene rings is 1. The largest absolute Gasteiger partial charge is 0.416 e. The number of alkyl halides is 3. The Morgan fingerprint density at radius 1 is 1.14 bits per heavy atom. The third kappa shape index (κ3) is 4.93. The molecule has 0 radical (unpaired) electrons. The lowest BCUT2D eigenvalue weighted by Gasteiger charge is -2.14. The molecule has 1 aromatic carbocycles. The van der Waals surface area contributed by atoms with Crippen LogP contribution >= 0.6 is 0 Å². The van der Waals surface area contributed by atoms with Crippen molar-refractivity contribution in [3.8, 4) is 0 Å². The first-order valence-corrected chi connectivity index (χ1v) is 7.63. The second-order valence-corrected chi connectivity index (χ2v) is 5.70. The Morgan fingerprint density at radius 2 is 1.82 bits per heavy atom. The van der Waals surface area contributed by atoms with E-state index in [1.54, 1.807) is 0 Å². The van der Waals surface area contributed by atoms with Gasteiger partial charge in [-0.05, 0) is 24.0 Å². The van der Waals surface area contributed by atoms with Crippen molar-refractivity contribution in [1.82, 2.24) is 10.6 Å². The molecule has 2 rings (SSSR count). The number of hydrogen-bond acceptors (Lipinski definition) is 1. The molecule has 1 aliphatic rings.